The van der Waals surface area contributed by atoms with Gasteiger partial charge < -0.3 is 4.74 Å². The molecule has 0 saturated carbocycles. The summed E-state index contributed by atoms with van der Waals surface area (Å²) in [6.07, 6.45) is 3.96. The van der Waals surface area contributed by atoms with Gasteiger partial charge in [0.2, 0.25) is 0 Å². The minimum Gasteiger partial charge on any atom is -0.486 e. The molecule has 7 heteroatoms. The van der Waals surface area contributed by atoms with Crippen LogP contribution in [0, 0.1) is 0 Å². The van der Waals surface area contributed by atoms with Crippen molar-refractivity contribution in [3.05, 3.63) is 63.3 Å². The number of hydrogen-bond donors (Lipinski definition) is 0. The van der Waals surface area contributed by atoms with Crippen molar-refractivity contribution in [3.8, 4) is 5.75 Å². The van der Waals surface area contributed by atoms with Gasteiger partial charge in [0.1, 0.15) is 17.4 Å². The van der Waals surface area contributed by atoms with Crippen LogP contribution in [-0.2, 0) is 20.2 Å². The molecule has 1 aromatic carbocycles. The molecule has 0 bridgehead atoms. The number of nitrogens with zero attached hydrogens (tertiary/aromatic N) is 4. The van der Waals surface area contributed by atoms with Gasteiger partial charge in [0.05, 0.1) is 11.9 Å². The lowest BCUT2D eigenvalue weighted by molar-refractivity contribution is 0.249. The Labute approximate surface area is 156 Å². The molecule has 0 fully saturated rings. The van der Waals surface area contributed by atoms with Crippen molar-refractivity contribution >= 4 is 22.9 Å². The first-order valence-corrected chi connectivity index (χ1v) is 9.27. The highest BCUT2D eigenvalue weighted by Gasteiger charge is 2.15. The fourth-order valence-electron chi connectivity index (χ4n) is 2.47. The fourth-order valence-corrected chi connectivity index (χ4v) is 3.29. The zero-order valence-electron chi connectivity index (χ0n) is 14.5. The van der Waals surface area contributed by atoms with Crippen LogP contribution in [0.25, 0.3) is 0 Å². The van der Waals surface area contributed by atoms with Crippen LogP contribution in [0.4, 0.5) is 0 Å². The van der Waals surface area contributed by atoms with E-state index < -0.39 is 0 Å². The number of aromatic nitrogens is 3. The van der Waals surface area contributed by atoms with Crippen LogP contribution >= 0.6 is 22.9 Å². The van der Waals surface area contributed by atoms with Gasteiger partial charge in [-0.3, -0.25) is 9.58 Å². The second-order valence-electron chi connectivity index (χ2n) is 6.01. The topological polar surface area (TPSA) is 43.2 Å². The summed E-state index contributed by atoms with van der Waals surface area (Å²) in [6, 6.07) is 7.64. The number of benzene rings is 1. The lowest BCUT2D eigenvalue weighted by Gasteiger charge is -2.22. The van der Waals surface area contributed by atoms with E-state index in [1.807, 2.05) is 48.4 Å². The minimum absolute atomic E-state index is 0.282. The number of rotatable bonds is 7. The highest BCUT2D eigenvalue weighted by molar-refractivity contribution is 7.09. The molecule has 1 atom stereocenters. The third-order valence-electron chi connectivity index (χ3n) is 4.06. The lowest BCUT2D eigenvalue weighted by Crippen LogP contribution is -2.21. The quantitative estimate of drug-likeness (QED) is 0.616. The Morgan fingerprint density at radius 3 is 2.76 bits per heavy atom. The highest BCUT2D eigenvalue weighted by atomic mass is 35.5. The molecule has 25 heavy (non-hydrogen) atoms. The van der Waals surface area contributed by atoms with Crippen LogP contribution in [-0.4, -0.2) is 26.7 Å². The van der Waals surface area contributed by atoms with Crippen molar-refractivity contribution in [2.45, 2.75) is 26.1 Å². The summed E-state index contributed by atoms with van der Waals surface area (Å²) in [5, 5.41) is 8.00. The largest absolute Gasteiger partial charge is 0.486 e. The van der Waals surface area contributed by atoms with Crippen molar-refractivity contribution in [2.75, 3.05) is 7.05 Å². The van der Waals surface area contributed by atoms with E-state index in [-0.39, 0.29) is 6.04 Å². The van der Waals surface area contributed by atoms with Crippen LogP contribution in [0.1, 0.15) is 29.2 Å². The van der Waals surface area contributed by atoms with Crippen LogP contribution < -0.4 is 4.74 Å². The van der Waals surface area contributed by atoms with E-state index in [0.29, 0.717) is 11.6 Å². The summed E-state index contributed by atoms with van der Waals surface area (Å²) < 4.78 is 7.58. The Kier molecular flexibility index (Phi) is 5.73. The molecule has 3 rings (SSSR count). The summed E-state index contributed by atoms with van der Waals surface area (Å²) in [4.78, 5) is 6.93. The molecule has 0 saturated heterocycles. The maximum Gasteiger partial charge on any atom is 0.140 e. The second kappa shape index (κ2) is 7.99. The maximum atomic E-state index is 5.88. The molecular weight excluding hydrogens is 356 g/mol. The summed E-state index contributed by atoms with van der Waals surface area (Å²) in [7, 11) is 4.03. The number of ether oxygens (including phenoxy) is 1. The van der Waals surface area contributed by atoms with Gasteiger partial charge >= 0.3 is 0 Å². The van der Waals surface area contributed by atoms with E-state index in [2.05, 4.69) is 34.3 Å². The first kappa shape index (κ1) is 17.9. The van der Waals surface area contributed by atoms with E-state index in [1.165, 1.54) is 5.56 Å². The predicted octanol–water partition coefficient (Wildman–Crippen LogP) is 4.30. The summed E-state index contributed by atoms with van der Waals surface area (Å²) in [6.45, 7) is 3.43. The second-order valence-corrected chi connectivity index (χ2v) is 7.39. The number of aryl methyl sites for hydroxylation is 1. The molecule has 0 aliphatic rings. The van der Waals surface area contributed by atoms with Crippen molar-refractivity contribution in [1.29, 1.82) is 0 Å². The third kappa shape index (κ3) is 4.81. The minimum atomic E-state index is 0.282. The van der Waals surface area contributed by atoms with Gasteiger partial charge in [0.15, 0.2) is 0 Å². The van der Waals surface area contributed by atoms with Gasteiger partial charge in [-0.05, 0) is 38.2 Å². The molecular formula is C18H21ClN4OS. The van der Waals surface area contributed by atoms with Crippen molar-refractivity contribution in [1.82, 2.24) is 19.7 Å². The van der Waals surface area contributed by atoms with E-state index >= 15 is 0 Å². The molecule has 132 valence electrons. The van der Waals surface area contributed by atoms with Gasteiger partial charge in [-0.25, -0.2) is 4.98 Å². The van der Waals surface area contributed by atoms with Crippen LogP contribution in [0.15, 0.2) is 42.0 Å². The lowest BCUT2D eigenvalue weighted by atomic mass is 10.1. The van der Waals surface area contributed by atoms with Gasteiger partial charge in [-0.15, -0.1) is 11.3 Å². The van der Waals surface area contributed by atoms with E-state index in [9.17, 15) is 0 Å². The zero-order valence-corrected chi connectivity index (χ0v) is 16.1. The Hall–Kier alpha value is -1.89. The van der Waals surface area contributed by atoms with Crippen molar-refractivity contribution in [2.24, 2.45) is 7.05 Å². The van der Waals surface area contributed by atoms with Crippen LogP contribution in [0.3, 0.4) is 0 Å². The maximum absolute atomic E-state index is 5.88. The fraction of sp³-hybridized carbons (Fsp3) is 0.333. The first-order valence-electron chi connectivity index (χ1n) is 8.01. The summed E-state index contributed by atoms with van der Waals surface area (Å²) >= 11 is 7.50. The van der Waals surface area contributed by atoms with Crippen molar-refractivity contribution < 1.29 is 4.74 Å². The zero-order chi connectivity index (χ0) is 17.8. The molecule has 0 aliphatic heterocycles. The Balaban J connectivity index is 1.54. The van der Waals surface area contributed by atoms with Crippen LogP contribution in [0.2, 0.25) is 5.02 Å². The number of thiazole rings is 1. The van der Waals surface area contributed by atoms with E-state index in [1.54, 1.807) is 11.3 Å². The molecule has 1 unspecified atom stereocenters. The average Bonchev–Trinajstić information content (AvgIpc) is 3.22. The normalized spacial score (nSPS) is 12.5. The third-order valence-corrected chi connectivity index (χ3v) is 5.18. The van der Waals surface area contributed by atoms with Gasteiger partial charge in [-0.1, -0.05) is 11.6 Å². The Morgan fingerprint density at radius 2 is 2.08 bits per heavy atom. The van der Waals surface area contributed by atoms with Gasteiger partial charge in [0, 0.05) is 41.8 Å². The van der Waals surface area contributed by atoms with Gasteiger partial charge in [0.25, 0.3) is 0 Å². The average molecular weight is 377 g/mol. The molecule has 3 aromatic rings. The molecule has 0 amide bonds. The van der Waals surface area contributed by atoms with E-state index in [0.717, 1.165) is 23.0 Å². The highest BCUT2D eigenvalue weighted by Crippen LogP contribution is 2.22. The molecule has 0 aliphatic carbocycles. The molecule has 0 radical (unpaired) electrons. The molecule has 0 spiro atoms. The number of halogens is 1. The predicted molar refractivity (Wildman–Crippen MR) is 101 cm³/mol. The molecule has 5 nitrogen and oxygen atoms in total. The molecule has 2 heterocycles. The smallest absolute Gasteiger partial charge is 0.140 e. The number of hydrogen-bond acceptors (Lipinski definition) is 5. The first-order chi connectivity index (χ1) is 12.0. The Morgan fingerprint density at radius 1 is 1.32 bits per heavy atom. The standard InChI is InChI=1S/C18H21ClN4OS/c1-13(14-8-20-23(3)9-14)22(2)10-16-12-25-18(21-16)11-24-17-6-4-15(19)5-7-17/h4-9,12-13H,10-11H2,1-3H3. The SMILES string of the molecule is CC(c1cnn(C)c1)N(C)Cc1csc(COc2ccc(Cl)cc2)n1. The summed E-state index contributed by atoms with van der Waals surface area (Å²) in [5.41, 5.74) is 2.25. The van der Waals surface area contributed by atoms with Crippen LogP contribution in [0.5, 0.6) is 5.75 Å². The Bertz CT molecular complexity index is 815. The summed E-state index contributed by atoms with van der Waals surface area (Å²) in [5.74, 6) is 0.795. The van der Waals surface area contributed by atoms with Gasteiger partial charge in [-0.2, -0.15) is 5.10 Å². The molecule has 0 N–H and O–H groups in total. The van der Waals surface area contributed by atoms with E-state index in [4.69, 9.17) is 16.3 Å². The monoisotopic (exact) mass is 376 g/mol. The van der Waals surface area contributed by atoms with Crippen molar-refractivity contribution in [3.63, 3.8) is 0 Å². The molecule has 2 aromatic heterocycles.